The summed E-state index contributed by atoms with van der Waals surface area (Å²) in [5.41, 5.74) is 2.40. The lowest BCUT2D eigenvalue weighted by Crippen LogP contribution is -1.98. The molecule has 0 bridgehead atoms. The lowest BCUT2D eigenvalue weighted by molar-refractivity contribution is 0.785. The number of aromatic nitrogens is 6. The lowest BCUT2D eigenvalue weighted by atomic mass is 10.3. The first-order valence-electron chi connectivity index (χ1n) is 5.48. The van der Waals surface area contributed by atoms with Crippen LogP contribution in [0.25, 0.3) is 17.2 Å². The Balaban J connectivity index is 2.08. The van der Waals surface area contributed by atoms with Gasteiger partial charge < -0.3 is 0 Å². The van der Waals surface area contributed by atoms with Crippen molar-refractivity contribution in [3.8, 4) is 17.2 Å². The monoisotopic (exact) mass is 292 g/mol. The highest BCUT2D eigenvalue weighted by atomic mass is 35.5. The molecule has 0 aliphatic heterocycles. The number of H-pyrrole nitrogens is 2. The van der Waals surface area contributed by atoms with Crippen molar-refractivity contribution in [2.24, 2.45) is 0 Å². The minimum atomic E-state index is 0.385. The van der Waals surface area contributed by atoms with E-state index in [1.807, 2.05) is 19.1 Å². The lowest BCUT2D eigenvalue weighted by Gasteiger charge is -2.02. The Morgan fingerprint density at radius 1 is 1.21 bits per heavy atom. The molecular formula is C11H9ClN6S. The van der Waals surface area contributed by atoms with E-state index >= 15 is 0 Å². The molecule has 0 amide bonds. The molecule has 0 unspecified atom stereocenters. The average Bonchev–Trinajstić information content (AvgIpc) is 2.97. The van der Waals surface area contributed by atoms with Gasteiger partial charge in [-0.15, -0.1) is 5.10 Å². The number of halogens is 1. The maximum atomic E-state index is 5.87. The van der Waals surface area contributed by atoms with Crippen molar-refractivity contribution in [1.82, 2.24) is 30.2 Å². The van der Waals surface area contributed by atoms with E-state index in [0.29, 0.717) is 21.3 Å². The standard InChI is InChI=1S/C11H9ClN6S/c1-6-9(10-13-11(19)16-15-10)14-17-18(6)8-4-2-7(12)3-5-8/h2-5H,1H3,(H2,13,15,16,19). The Morgan fingerprint density at radius 2 is 1.95 bits per heavy atom. The molecule has 0 radical (unpaired) electrons. The molecule has 0 saturated heterocycles. The van der Waals surface area contributed by atoms with Crippen LogP contribution in [0.1, 0.15) is 5.69 Å². The quantitative estimate of drug-likeness (QED) is 0.712. The second-order valence-corrected chi connectivity index (χ2v) is 4.75. The summed E-state index contributed by atoms with van der Waals surface area (Å²) in [7, 11) is 0. The number of nitrogens with one attached hydrogen (secondary N) is 2. The second kappa shape index (κ2) is 4.60. The van der Waals surface area contributed by atoms with Crippen molar-refractivity contribution >= 4 is 23.8 Å². The molecule has 2 aromatic heterocycles. The third kappa shape index (κ3) is 2.18. The molecule has 96 valence electrons. The number of nitrogens with zero attached hydrogens (tertiary/aromatic N) is 4. The number of rotatable bonds is 2. The predicted octanol–water partition coefficient (Wildman–Crippen LogP) is 2.68. The summed E-state index contributed by atoms with van der Waals surface area (Å²) in [6.07, 6.45) is 0. The molecule has 19 heavy (non-hydrogen) atoms. The van der Waals surface area contributed by atoms with Crippen LogP contribution in [-0.2, 0) is 0 Å². The third-order valence-electron chi connectivity index (χ3n) is 2.69. The Kier molecular flexibility index (Phi) is 2.92. The molecule has 0 aliphatic rings. The van der Waals surface area contributed by atoms with Gasteiger partial charge in [-0.05, 0) is 43.4 Å². The van der Waals surface area contributed by atoms with Crippen molar-refractivity contribution in [3.05, 3.63) is 39.8 Å². The zero-order valence-corrected chi connectivity index (χ0v) is 11.5. The fourth-order valence-electron chi connectivity index (χ4n) is 1.76. The molecule has 0 saturated carbocycles. The van der Waals surface area contributed by atoms with E-state index in [1.54, 1.807) is 16.8 Å². The molecule has 0 fully saturated rings. The topological polar surface area (TPSA) is 75.2 Å². The number of aromatic amines is 2. The van der Waals surface area contributed by atoms with E-state index < -0.39 is 0 Å². The number of hydrogen-bond donors (Lipinski definition) is 2. The van der Waals surface area contributed by atoms with Crippen LogP contribution < -0.4 is 0 Å². The van der Waals surface area contributed by atoms with Gasteiger partial charge in [-0.25, -0.2) is 4.68 Å². The summed E-state index contributed by atoms with van der Waals surface area (Å²) in [5.74, 6) is 0.572. The maximum absolute atomic E-state index is 5.87. The molecular weight excluding hydrogens is 284 g/mol. The van der Waals surface area contributed by atoms with Crippen LogP contribution in [0.15, 0.2) is 24.3 Å². The fraction of sp³-hybridized carbons (Fsp3) is 0.0909. The number of hydrogen-bond acceptors (Lipinski definition) is 4. The van der Waals surface area contributed by atoms with E-state index in [9.17, 15) is 0 Å². The van der Waals surface area contributed by atoms with Gasteiger partial charge in [-0.3, -0.25) is 10.2 Å². The van der Waals surface area contributed by atoms with Crippen molar-refractivity contribution in [3.63, 3.8) is 0 Å². The molecule has 3 aromatic rings. The molecule has 8 heteroatoms. The first kappa shape index (κ1) is 12.1. The van der Waals surface area contributed by atoms with Crippen LogP contribution in [-0.4, -0.2) is 30.2 Å². The van der Waals surface area contributed by atoms with Crippen LogP contribution >= 0.6 is 23.8 Å². The molecule has 0 atom stereocenters. The van der Waals surface area contributed by atoms with Gasteiger partial charge in [0.15, 0.2) is 11.5 Å². The Labute approximate surface area is 118 Å². The van der Waals surface area contributed by atoms with Gasteiger partial charge in [0.2, 0.25) is 4.77 Å². The largest absolute Gasteiger partial charge is 0.280 e. The first-order chi connectivity index (χ1) is 9.15. The van der Waals surface area contributed by atoms with Crippen molar-refractivity contribution in [2.45, 2.75) is 6.92 Å². The highest BCUT2D eigenvalue weighted by molar-refractivity contribution is 7.71. The van der Waals surface area contributed by atoms with Gasteiger partial charge in [0.05, 0.1) is 11.4 Å². The van der Waals surface area contributed by atoms with Crippen LogP contribution in [0.5, 0.6) is 0 Å². The van der Waals surface area contributed by atoms with Crippen LogP contribution in [0.2, 0.25) is 5.02 Å². The van der Waals surface area contributed by atoms with Crippen LogP contribution in [0, 0.1) is 11.7 Å². The zero-order chi connectivity index (χ0) is 13.4. The maximum Gasteiger partial charge on any atom is 0.213 e. The summed E-state index contributed by atoms with van der Waals surface area (Å²) in [5, 5.41) is 14.5. The zero-order valence-electron chi connectivity index (χ0n) is 9.88. The summed E-state index contributed by atoms with van der Waals surface area (Å²) in [6.45, 7) is 1.91. The van der Waals surface area contributed by atoms with Gasteiger partial charge in [0.1, 0.15) is 0 Å². The molecule has 2 heterocycles. The van der Waals surface area contributed by atoms with Crippen molar-refractivity contribution in [2.75, 3.05) is 0 Å². The molecule has 3 rings (SSSR count). The Morgan fingerprint density at radius 3 is 2.58 bits per heavy atom. The summed E-state index contributed by atoms with van der Waals surface area (Å²) < 4.78 is 2.10. The summed E-state index contributed by atoms with van der Waals surface area (Å²) in [6, 6.07) is 7.36. The molecule has 1 aromatic carbocycles. The van der Waals surface area contributed by atoms with E-state index in [1.165, 1.54) is 0 Å². The van der Waals surface area contributed by atoms with Gasteiger partial charge >= 0.3 is 0 Å². The third-order valence-corrected chi connectivity index (χ3v) is 3.14. The summed E-state index contributed by atoms with van der Waals surface area (Å²) in [4.78, 5) is 4.13. The van der Waals surface area contributed by atoms with E-state index in [-0.39, 0.29) is 0 Å². The second-order valence-electron chi connectivity index (χ2n) is 3.93. The normalized spacial score (nSPS) is 10.8. The molecule has 0 spiro atoms. The predicted molar refractivity (Wildman–Crippen MR) is 73.9 cm³/mol. The minimum absolute atomic E-state index is 0.385. The van der Waals surface area contributed by atoms with Crippen LogP contribution in [0.4, 0.5) is 0 Å². The van der Waals surface area contributed by atoms with Gasteiger partial charge in [0, 0.05) is 5.02 Å². The fourth-order valence-corrected chi connectivity index (χ4v) is 2.03. The number of benzene rings is 1. The Hall–Kier alpha value is -1.99. The van der Waals surface area contributed by atoms with Crippen LogP contribution in [0.3, 0.4) is 0 Å². The van der Waals surface area contributed by atoms with Crippen molar-refractivity contribution in [1.29, 1.82) is 0 Å². The molecule has 0 aliphatic carbocycles. The van der Waals surface area contributed by atoms with E-state index in [2.05, 4.69) is 25.5 Å². The average molecular weight is 293 g/mol. The highest BCUT2D eigenvalue weighted by Crippen LogP contribution is 2.20. The van der Waals surface area contributed by atoms with Crippen molar-refractivity contribution < 1.29 is 0 Å². The minimum Gasteiger partial charge on any atom is -0.280 e. The van der Waals surface area contributed by atoms with E-state index in [4.69, 9.17) is 23.8 Å². The SMILES string of the molecule is Cc1c(-c2nc(=S)[nH][nH]2)nnn1-c1ccc(Cl)cc1. The van der Waals surface area contributed by atoms with Gasteiger partial charge in [-0.2, -0.15) is 4.98 Å². The van der Waals surface area contributed by atoms with Gasteiger partial charge in [0.25, 0.3) is 0 Å². The summed E-state index contributed by atoms with van der Waals surface area (Å²) >= 11 is 10.8. The first-order valence-corrected chi connectivity index (χ1v) is 6.27. The molecule has 6 nitrogen and oxygen atoms in total. The highest BCUT2D eigenvalue weighted by Gasteiger charge is 2.14. The smallest absolute Gasteiger partial charge is 0.213 e. The molecule has 2 N–H and O–H groups in total. The Bertz CT molecular complexity index is 769. The van der Waals surface area contributed by atoms with Gasteiger partial charge in [-0.1, -0.05) is 16.8 Å². The van der Waals surface area contributed by atoms with E-state index in [0.717, 1.165) is 11.4 Å².